The highest BCUT2D eigenvalue weighted by atomic mass is 16.6. The molecule has 0 aromatic heterocycles. The molecule has 2 heterocycles. The van der Waals surface area contributed by atoms with Gasteiger partial charge >= 0.3 is 0 Å². The number of nitro groups is 1. The largest absolute Gasteiger partial charge is 0.342 e. The number of nitrogens with one attached hydrogen (secondary N) is 1. The fourth-order valence-corrected chi connectivity index (χ4v) is 3.98. The van der Waals surface area contributed by atoms with E-state index in [1.165, 1.54) is 6.07 Å². The van der Waals surface area contributed by atoms with E-state index in [2.05, 4.69) is 5.32 Å². The van der Waals surface area contributed by atoms with Crippen LogP contribution in [0.1, 0.15) is 36.8 Å². The summed E-state index contributed by atoms with van der Waals surface area (Å²) in [6.45, 7) is 6.96. The zero-order valence-corrected chi connectivity index (χ0v) is 16.6. The molecule has 3 rings (SSSR count). The number of carbonyl (C=O) groups excluding carboxylic acids is 2. The molecule has 2 aliphatic heterocycles. The molecule has 0 atom stereocenters. The van der Waals surface area contributed by atoms with Crippen molar-refractivity contribution >= 4 is 23.2 Å². The Labute approximate surface area is 165 Å². The summed E-state index contributed by atoms with van der Waals surface area (Å²) in [5, 5.41) is 14.0. The van der Waals surface area contributed by atoms with Crippen LogP contribution in [-0.4, -0.2) is 59.3 Å². The second-order valence-electron chi connectivity index (χ2n) is 7.84. The second-order valence-corrected chi connectivity index (χ2v) is 7.84. The Bertz CT molecular complexity index is 766. The summed E-state index contributed by atoms with van der Waals surface area (Å²) >= 11 is 0. The average Bonchev–Trinajstić information content (AvgIpc) is 3.19. The van der Waals surface area contributed by atoms with E-state index in [9.17, 15) is 19.7 Å². The van der Waals surface area contributed by atoms with Crippen molar-refractivity contribution in [3.05, 3.63) is 33.4 Å². The van der Waals surface area contributed by atoms with Crippen LogP contribution >= 0.6 is 0 Å². The molecular weight excluding hydrogens is 360 g/mol. The SMILES string of the molecule is Cc1cc(NC(=O)CN2CCC(C(=O)N3CCCC3)CC2)c([N+](=O)[O-])cc1C. The quantitative estimate of drug-likeness (QED) is 0.618. The molecule has 1 aromatic rings. The maximum atomic E-state index is 12.5. The van der Waals surface area contributed by atoms with Crippen LogP contribution in [0.2, 0.25) is 0 Å². The number of likely N-dealkylation sites (tertiary alicyclic amines) is 2. The molecule has 2 amide bonds. The van der Waals surface area contributed by atoms with E-state index < -0.39 is 4.92 Å². The molecule has 28 heavy (non-hydrogen) atoms. The summed E-state index contributed by atoms with van der Waals surface area (Å²) in [5.41, 5.74) is 1.85. The van der Waals surface area contributed by atoms with Crippen LogP contribution in [0, 0.1) is 29.9 Å². The van der Waals surface area contributed by atoms with Gasteiger partial charge in [-0.25, -0.2) is 0 Å². The van der Waals surface area contributed by atoms with E-state index in [0.29, 0.717) is 13.1 Å². The van der Waals surface area contributed by atoms with Crippen molar-refractivity contribution in [1.82, 2.24) is 9.80 Å². The number of rotatable bonds is 5. The molecule has 2 fully saturated rings. The lowest BCUT2D eigenvalue weighted by molar-refractivity contribution is -0.384. The van der Waals surface area contributed by atoms with Crippen molar-refractivity contribution in [2.75, 3.05) is 38.0 Å². The van der Waals surface area contributed by atoms with Crippen molar-refractivity contribution in [3.8, 4) is 0 Å². The van der Waals surface area contributed by atoms with E-state index in [-0.39, 0.29) is 35.7 Å². The van der Waals surface area contributed by atoms with Crippen molar-refractivity contribution in [1.29, 1.82) is 0 Å². The maximum Gasteiger partial charge on any atom is 0.293 e. The molecule has 0 saturated carbocycles. The molecule has 0 radical (unpaired) electrons. The number of piperidine rings is 1. The van der Waals surface area contributed by atoms with E-state index in [1.54, 1.807) is 6.07 Å². The predicted molar refractivity (Wildman–Crippen MR) is 106 cm³/mol. The fourth-order valence-electron chi connectivity index (χ4n) is 3.98. The first kappa shape index (κ1) is 20.3. The molecule has 1 N–H and O–H groups in total. The molecule has 1 aromatic carbocycles. The Balaban J connectivity index is 1.53. The van der Waals surface area contributed by atoms with Crippen LogP contribution in [0.25, 0.3) is 0 Å². The number of benzene rings is 1. The Morgan fingerprint density at radius 2 is 1.71 bits per heavy atom. The number of nitrogens with zero attached hydrogens (tertiary/aromatic N) is 3. The van der Waals surface area contributed by atoms with Gasteiger partial charge in [-0.15, -0.1) is 0 Å². The molecule has 8 nitrogen and oxygen atoms in total. The van der Waals surface area contributed by atoms with Gasteiger partial charge in [-0.1, -0.05) is 0 Å². The number of hydrogen-bond donors (Lipinski definition) is 1. The number of aryl methyl sites for hydroxylation is 2. The third-order valence-corrected chi connectivity index (χ3v) is 5.80. The summed E-state index contributed by atoms with van der Waals surface area (Å²) in [4.78, 5) is 39.7. The van der Waals surface area contributed by atoms with E-state index in [0.717, 1.165) is 49.9 Å². The molecule has 0 spiro atoms. The van der Waals surface area contributed by atoms with Crippen LogP contribution < -0.4 is 5.32 Å². The van der Waals surface area contributed by atoms with Crippen LogP contribution in [0.5, 0.6) is 0 Å². The van der Waals surface area contributed by atoms with Gasteiger partial charge in [0.1, 0.15) is 5.69 Å². The van der Waals surface area contributed by atoms with Crippen LogP contribution in [-0.2, 0) is 9.59 Å². The highest BCUT2D eigenvalue weighted by molar-refractivity contribution is 5.94. The van der Waals surface area contributed by atoms with E-state index in [1.807, 2.05) is 23.6 Å². The summed E-state index contributed by atoms with van der Waals surface area (Å²) in [5.74, 6) is 0.0428. The van der Waals surface area contributed by atoms with Crippen molar-refractivity contribution in [3.63, 3.8) is 0 Å². The Morgan fingerprint density at radius 3 is 2.32 bits per heavy atom. The normalized spacial score (nSPS) is 18.3. The highest BCUT2D eigenvalue weighted by Crippen LogP contribution is 2.28. The van der Waals surface area contributed by atoms with Gasteiger partial charge in [-0.05, 0) is 69.8 Å². The van der Waals surface area contributed by atoms with E-state index in [4.69, 9.17) is 0 Å². The topological polar surface area (TPSA) is 95.8 Å². The summed E-state index contributed by atoms with van der Waals surface area (Å²) in [6, 6.07) is 3.13. The lowest BCUT2D eigenvalue weighted by Gasteiger charge is -2.32. The molecule has 8 heteroatoms. The fraction of sp³-hybridized carbons (Fsp3) is 0.600. The molecule has 0 bridgehead atoms. The first-order valence-corrected chi connectivity index (χ1v) is 9.92. The standard InChI is InChI=1S/C20H28N4O4/c1-14-11-17(18(24(27)28)12-15(14)2)21-19(25)13-22-9-5-16(6-10-22)20(26)23-7-3-4-8-23/h11-12,16H,3-10,13H2,1-2H3,(H,21,25). The van der Waals surface area contributed by atoms with E-state index >= 15 is 0 Å². The molecule has 2 aliphatic rings. The third kappa shape index (κ3) is 4.67. The Hall–Kier alpha value is -2.48. The van der Waals surface area contributed by atoms with Gasteiger partial charge in [0.2, 0.25) is 11.8 Å². The lowest BCUT2D eigenvalue weighted by atomic mass is 9.95. The second kappa shape index (κ2) is 8.68. The Morgan fingerprint density at radius 1 is 1.11 bits per heavy atom. The van der Waals surface area contributed by atoms with Gasteiger partial charge in [0, 0.05) is 25.1 Å². The number of carbonyl (C=O) groups is 2. The minimum Gasteiger partial charge on any atom is -0.342 e. The molecule has 2 saturated heterocycles. The first-order chi connectivity index (χ1) is 13.3. The number of amides is 2. The van der Waals surface area contributed by atoms with Crippen LogP contribution in [0.3, 0.4) is 0 Å². The smallest absolute Gasteiger partial charge is 0.293 e. The van der Waals surface area contributed by atoms with Crippen molar-refractivity contribution < 1.29 is 14.5 Å². The summed E-state index contributed by atoms with van der Waals surface area (Å²) in [6.07, 6.45) is 3.70. The molecule has 0 unspecified atom stereocenters. The molecule has 152 valence electrons. The van der Waals surface area contributed by atoms with Gasteiger partial charge in [0.05, 0.1) is 11.5 Å². The third-order valence-electron chi connectivity index (χ3n) is 5.80. The first-order valence-electron chi connectivity index (χ1n) is 9.92. The summed E-state index contributed by atoms with van der Waals surface area (Å²) in [7, 11) is 0. The molecular formula is C20H28N4O4. The number of nitro benzene ring substituents is 1. The zero-order valence-electron chi connectivity index (χ0n) is 16.6. The van der Waals surface area contributed by atoms with Crippen molar-refractivity contribution in [2.45, 2.75) is 39.5 Å². The zero-order chi connectivity index (χ0) is 20.3. The van der Waals surface area contributed by atoms with Gasteiger partial charge in [0.25, 0.3) is 5.69 Å². The number of anilines is 1. The number of hydrogen-bond acceptors (Lipinski definition) is 5. The van der Waals surface area contributed by atoms with Crippen molar-refractivity contribution in [2.24, 2.45) is 5.92 Å². The average molecular weight is 388 g/mol. The monoisotopic (exact) mass is 388 g/mol. The molecule has 0 aliphatic carbocycles. The lowest BCUT2D eigenvalue weighted by Crippen LogP contribution is -2.43. The predicted octanol–water partition coefficient (Wildman–Crippen LogP) is 2.48. The van der Waals surface area contributed by atoms with Gasteiger partial charge in [-0.3, -0.25) is 24.6 Å². The Kier molecular flexibility index (Phi) is 6.28. The van der Waals surface area contributed by atoms with Crippen LogP contribution in [0.15, 0.2) is 12.1 Å². The summed E-state index contributed by atoms with van der Waals surface area (Å²) < 4.78 is 0. The van der Waals surface area contributed by atoms with Crippen LogP contribution in [0.4, 0.5) is 11.4 Å². The van der Waals surface area contributed by atoms with Gasteiger partial charge in [-0.2, -0.15) is 0 Å². The minimum atomic E-state index is -0.475. The highest BCUT2D eigenvalue weighted by Gasteiger charge is 2.30. The van der Waals surface area contributed by atoms with Gasteiger partial charge < -0.3 is 10.2 Å². The van der Waals surface area contributed by atoms with Gasteiger partial charge in [0.15, 0.2) is 0 Å². The maximum absolute atomic E-state index is 12.5. The minimum absolute atomic E-state index is 0.0539.